The summed E-state index contributed by atoms with van der Waals surface area (Å²) < 4.78 is 6.32. The molecule has 0 amide bonds. The Hall–Kier alpha value is -2.82. The van der Waals surface area contributed by atoms with Crippen LogP contribution in [0.5, 0.6) is 0 Å². The van der Waals surface area contributed by atoms with Crippen LogP contribution in [0.2, 0.25) is 0 Å². The molecule has 118 valence electrons. The molecule has 0 radical (unpaired) electrons. The molecule has 0 aromatic heterocycles. The molecule has 0 spiro atoms. The van der Waals surface area contributed by atoms with Crippen molar-refractivity contribution in [2.24, 2.45) is 0 Å². The summed E-state index contributed by atoms with van der Waals surface area (Å²) >= 11 is 0. The van der Waals surface area contributed by atoms with Gasteiger partial charge in [-0.2, -0.15) is 0 Å². The van der Waals surface area contributed by atoms with Gasteiger partial charge in [-0.15, -0.1) is 6.42 Å². The summed E-state index contributed by atoms with van der Waals surface area (Å²) in [5, 5.41) is 0. The maximum atomic E-state index is 6.32. The number of hydrogen-bond acceptors (Lipinski definition) is 1. The van der Waals surface area contributed by atoms with E-state index in [0.29, 0.717) is 6.61 Å². The standard InChI is InChI=1S/C23H20O/c1-2-23(21-14-8-4-9-15-21,22-16-10-5-11-17-22)24-19-18-20-12-6-3-7-13-20/h1,3-17H,18-19H2. The zero-order chi connectivity index (χ0) is 16.7. The van der Waals surface area contributed by atoms with Crippen molar-refractivity contribution in [2.45, 2.75) is 12.0 Å². The summed E-state index contributed by atoms with van der Waals surface area (Å²) in [7, 11) is 0. The lowest BCUT2D eigenvalue weighted by Crippen LogP contribution is -2.30. The summed E-state index contributed by atoms with van der Waals surface area (Å²) in [4.78, 5) is 0. The van der Waals surface area contributed by atoms with Gasteiger partial charge >= 0.3 is 0 Å². The highest BCUT2D eigenvalue weighted by Crippen LogP contribution is 2.33. The average molecular weight is 312 g/mol. The molecule has 24 heavy (non-hydrogen) atoms. The highest BCUT2D eigenvalue weighted by Gasteiger charge is 2.33. The number of benzene rings is 3. The first kappa shape index (κ1) is 16.1. The van der Waals surface area contributed by atoms with Crippen molar-refractivity contribution in [1.82, 2.24) is 0 Å². The fourth-order valence-corrected chi connectivity index (χ4v) is 2.85. The Morgan fingerprint density at radius 3 is 1.62 bits per heavy atom. The fraction of sp³-hybridized carbons (Fsp3) is 0.130. The van der Waals surface area contributed by atoms with Crippen LogP contribution in [0.3, 0.4) is 0 Å². The van der Waals surface area contributed by atoms with Crippen LogP contribution in [0.25, 0.3) is 0 Å². The second kappa shape index (κ2) is 7.64. The van der Waals surface area contributed by atoms with Crippen molar-refractivity contribution in [1.29, 1.82) is 0 Å². The highest BCUT2D eigenvalue weighted by atomic mass is 16.5. The molecule has 0 heterocycles. The van der Waals surface area contributed by atoms with E-state index in [-0.39, 0.29) is 0 Å². The van der Waals surface area contributed by atoms with Crippen molar-refractivity contribution < 1.29 is 4.74 Å². The van der Waals surface area contributed by atoms with E-state index in [1.54, 1.807) is 0 Å². The van der Waals surface area contributed by atoms with Crippen LogP contribution >= 0.6 is 0 Å². The van der Waals surface area contributed by atoms with Crippen molar-refractivity contribution in [3.8, 4) is 12.3 Å². The lowest BCUT2D eigenvalue weighted by molar-refractivity contribution is 0.0285. The molecule has 1 nitrogen and oxygen atoms in total. The van der Waals surface area contributed by atoms with E-state index < -0.39 is 5.60 Å². The zero-order valence-electron chi connectivity index (χ0n) is 13.6. The topological polar surface area (TPSA) is 9.23 Å². The van der Waals surface area contributed by atoms with Gasteiger partial charge in [0.2, 0.25) is 0 Å². The Labute approximate surface area is 143 Å². The minimum atomic E-state index is -0.864. The largest absolute Gasteiger partial charge is 0.354 e. The molecule has 1 heteroatoms. The van der Waals surface area contributed by atoms with Crippen LogP contribution in [0.4, 0.5) is 0 Å². The van der Waals surface area contributed by atoms with Gasteiger partial charge in [0.15, 0.2) is 5.60 Å². The van der Waals surface area contributed by atoms with E-state index >= 15 is 0 Å². The van der Waals surface area contributed by atoms with Gasteiger partial charge in [-0.1, -0.05) is 96.9 Å². The number of terminal acetylenes is 1. The Kier molecular flexibility index (Phi) is 5.11. The van der Waals surface area contributed by atoms with Crippen LogP contribution in [0.1, 0.15) is 16.7 Å². The van der Waals surface area contributed by atoms with Gasteiger partial charge in [0.05, 0.1) is 6.61 Å². The van der Waals surface area contributed by atoms with Gasteiger partial charge in [0.25, 0.3) is 0 Å². The first-order valence-corrected chi connectivity index (χ1v) is 8.12. The Bertz CT molecular complexity index is 746. The maximum absolute atomic E-state index is 6.32. The normalized spacial score (nSPS) is 11.0. The Morgan fingerprint density at radius 1 is 0.708 bits per heavy atom. The van der Waals surface area contributed by atoms with Gasteiger partial charge in [-0.3, -0.25) is 0 Å². The van der Waals surface area contributed by atoms with Gasteiger partial charge in [0.1, 0.15) is 0 Å². The van der Waals surface area contributed by atoms with E-state index in [1.165, 1.54) is 5.56 Å². The van der Waals surface area contributed by atoms with Gasteiger partial charge in [-0.05, 0) is 12.0 Å². The molecule has 0 bridgehead atoms. The molecule has 0 aliphatic carbocycles. The fourth-order valence-electron chi connectivity index (χ4n) is 2.85. The minimum absolute atomic E-state index is 0.554. The highest BCUT2D eigenvalue weighted by molar-refractivity contribution is 5.44. The van der Waals surface area contributed by atoms with Crippen LogP contribution in [0, 0.1) is 12.3 Å². The SMILES string of the molecule is C#CC(OCCc1ccccc1)(c1ccccc1)c1ccccc1. The Balaban J connectivity index is 1.89. The second-order valence-corrected chi connectivity index (χ2v) is 5.64. The van der Waals surface area contributed by atoms with E-state index in [1.807, 2.05) is 78.9 Å². The predicted molar refractivity (Wildman–Crippen MR) is 98.6 cm³/mol. The third-order valence-corrected chi connectivity index (χ3v) is 4.12. The third-order valence-electron chi connectivity index (χ3n) is 4.12. The quantitative estimate of drug-likeness (QED) is 0.593. The van der Waals surface area contributed by atoms with E-state index in [0.717, 1.165) is 17.5 Å². The molecule has 3 rings (SSSR count). The van der Waals surface area contributed by atoms with E-state index in [2.05, 4.69) is 18.1 Å². The third kappa shape index (κ3) is 3.40. The molecule has 0 atom stereocenters. The van der Waals surface area contributed by atoms with Crippen molar-refractivity contribution in [3.63, 3.8) is 0 Å². The summed E-state index contributed by atoms with van der Waals surface area (Å²) in [5.74, 6) is 2.91. The molecule has 0 saturated heterocycles. The molecule has 0 aliphatic heterocycles. The summed E-state index contributed by atoms with van der Waals surface area (Å²) in [5.41, 5.74) is 2.33. The molecule has 3 aromatic rings. The molecule has 0 aliphatic rings. The van der Waals surface area contributed by atoms with Gasteiger partial charge in [-0.25, -0.2) is 0 Å². The van der Waals surface area contributed by atoms with E-state index in [9.17, 15) is 0 Å². The summed E-state index contributed by atoms with van der Waals surface area (Å²) in [6.45, 7) is 0.554. The lowest BCUT2D eigenvalue weighted by Gasteiger charge is -2.30. The monoisotopic (exact) mass is 312 g/mol. The molecular formula is C23H20O. The molecule has 0 fully saturated rings. The zero-order valence-corrected chi connectivity index (χ0v) is 13.6. The predicted octanol–water partition coefficient (Wildman–Crippen LogP) is 4.82. The Morgan fingerprint density at radius 2 is 1.17 bits per heavy atom. The summed E-state index contributed by atoms with van der Waals surface area (Å²) in [6, 6.07) is 30.3. The summed E-state index contributed by atoms with van der Waals surface area (Å²) in [6.07, 6.45) is 6.80. The maximum Gasteiger partial charge on any atom is 0.179 e. The molecule has 3 aromatic carbocycles. The number of rotatable bonds is 6. The van der Waals surface area contributed by atoms with Crippen molar-refractivity contribution in [3.05, 3.63) is 108 Å². The first-order chi connectivity index (χ1) is 11.8. The first-order valence-electron chi connectivity index (χ1n) is 8.12. The van der Waals surface area contributed by atoms with Crippen molar-refractivity contribution >= 4 is 0 Å². The lowest BCUT2D eigenvalue weighted by atomic mass is 9.86. The van der Waals surface area contributed by atoms with Crippen LogP contribution in [-0.4, -0.2) is 6.61 Å². The van der Waals surface area contributed by atoms with Crippen LogP contribution in [-0.2, 0) is 16.8 Å². The number of ether oxygens (including phenoxy) is 1. The molecule has 0 N–H and O–H groups in total. The molecular weight excluding hydrogens is 292 g/mol. The molecule has 0 unspecified atom stereocenters. The minimum Gasteiger partial charge on any atom is -0.354 e. The van der Waals surface area contributed by atoms with Crippen LogP contribution < -0.4 is 0 Å². The van der Waals surface area contributed by atoms with Gasteiger partial charge < -0.3 is 4.74 Å². The van der Waals surface area contributed by atoms with E-state index in [4.69, 9.17) is 11.2 Å². The molecule has 0 saturated carbocycles. The average Bonchev–Trinajstić information content (AvgIpc) is 2.68. The van der Waals surface area contributed by atoms with Crippen LogP contribution in [0.15, 0.2) is 91.0 Å². The number of hydrogen-bond donors (Lipinski definition) is 0. The second-order valence-electron chi connectivity index (χ2n) is 5.64. The smallest absolute Gasteiger partial charge is 0.179 e. The van der Waals surface area contributed by atoms with Crippen molar-refractivity contribution in [2.75, 3.05) is 6.61 Å². The van der Waals surface area contributed by atoms with Gasteiger partial charge in [0, 0.05) is 11.1 Å².